The molecule has 34 rings (SSSR count). The number of likely N-dealkylation sites (N-methyl/N-ethyl adjacent to an activating group) is 3. The minimum atomic E-state index is -0.909. The predicted molar refractivity (Wildman–Crippen MR) is 553 cm³/mol. The maximum atomic E-state index is 12.7. The van der Waals surface area contributed by atoms with Crippen LogP contribution in [0.25, 0.3) is 0 Å². The molecular weight excluding hydrogens is 1870 g/mol. The van der Waals surface area contributed by atoms with Crippen LogP contribution in [0.2, 0.25) is 0 Å². The second kappa shape index (κ2) is 32.4. The highest BCUT2D eigenvalue weighted by Gasteiger charge is 2.84. The summed E-state index contributed by atoms with van der Waals surface area (Å²) in [6.45, 7) is 25.9. The number of phenolic OH excluding ortho intramolecular Hbond substituents is 4. The number of phenols is 4. The summed E-state index contributed by atoms with van der Waals surface area (Å²) in [4.78, 5) is 40.3. The molecule has 786 valence electrons. The molecule has 16 aliphatic carbocycles. The number of fused-ring (bicyclic) bond motifs is 2. The van der Waals surface area contributed by atoms with Gasteiger partial charge in [-0.3, -0.25) is 24.3 Å². The van der Waals surface area contributed by atoms with E-state index >= 15 is 0 Å². The molecule has 7 spiro atoms. The highest BCUT2D eigenvalue weighted by molar-refractivity contribution is 5.91. The molecule has 6 aromatic carbocycles. The van der Waals surface area contributed by atoms with Crippen LogP contribution in [0, 0.1) is 46.3 Å². The third-order valence-corrected chi connectivity index (χ3v) is 45.4. The number of ketones is 2. The summed E-state index contributed by atoms with van der Waals surface area (Å²) in [7, 11) is 11.6. The minimum Gasteiger partial charge on any atom is -0.504 e. The summed E-state index contributed by atoms with van der Waals surface area (Å²) >= 11 is 0. The standard InChI is InChI=1S/C29H41NO4.C21H25NO3.C19H21NO3.C18H21NO4.C18H21NO3.C17H19NO3/c1-25(2,3)26(4,32)20-15-27-10-11-29(20,33-5)24-28(27)12-13-30(16-17-6-7-17)21(27)14-18-8-9-19(31)23(34-24)22(18)28;1-12-6-7-21(24)16-10-14-4-5-15(23)18-17(14)20(21,19(12)25-18)8-9-22(16)11-13-2-3-13;1-2-8-20-9-7-19-12-4-6-15(22)18(19)23-17-14(21)5-3-11(16(17)19)10-13(12)20;1-19-8-7-17-14-10-3-4-12(22-2)15(14)23-16(17)11(20)5-6-18(17,21)13(19)9-10;1-19-8-7-18-11-4-5-13(20)17(18)22-16-14(21-2)6-3-10(15(16)18)9-12(11)19;1-18-7-6-17-10-3-5-13(20)16(17)21-15-12(19)4-2-9(14(15)17)8-11(10)18/h8-9,17,20-21,24,31-32H,6-7,10-16H2,1-5H3;4-5,13,16,19,23-24H,1-3,6-11H2;2-6,12-13,15,18,21-22H,1,7-10H2;3-4,13,16,21H,5-9H2,1-2H3;3,6,11-12,17H,4-5,7-9H2,1-2H3;2-5,10-11,13,16,19-20H,6-8H2,1H3/t20-,21?,24-,26+,27-,28+,29+;16-,19+,20+,21-;12-,13+,15-,18-,19-;13-,16+,17+,18-;11-,12+,17-,18-;10-,11+,13-,16-,17-/m110100/s1. The fourth-order valence-corrected chi connectivity index (χ4v) is 38.1. The van der Waals surface area contributed by atoms with Crippen LogP contribution in [0.5, 0.6) is 69.0 Å². The van der Waals surface area contributed by atoms with Gasteiger partial charge in [-0.1, -0.05) is 94.1 Å². The lowest BCUT2D eigenvalue weighted by atomic mass is 9.33. The third-order valence-electron chi connectivity index (χ3n) is 45.4. The molecule has 6 saturated heterocycles. The first-order chi connectivity index (χ1) is 71.0. The molecule has 8 saturated carbocycles. The Hall–Kier alpha value is -9.26. The maximum Gasteiger partial charge on any atom is 0.174 e. The van der Waals surface area contributed by atoms with Crippen LogP contribution in [-0.4, -0.2) is 296 Å². The molecule has 28 aliphatic rings. The van der Waals surface area contributed by atoms with Crippen molar-refractivity contribution in [1.82, 2.24) is 29.4 Å². The first kappa shape index (κ1) is 95.8. The molecule has 26 heteroatoms. The van der Waals surface area contributed by atoms with E-state index in [4.69, 9.17) is 42.6 Å². The van der Waals surface area contributed by atoms with E-state index in [9.17, 15) is 55.5 Å². The van der Waals surface area contributed by atoms with E-state index in [0.717, 1.165) is 214 Å². The van der Waals surface area contributed by atoms with Crippen molar-refractivity contribution in [2.24, 2.45) is 46.3 Å². The number of piperidine rings is 6. The molecule has 148 heavy (non-hydrogen) atoms. The quantitative estimate of drug-likeness (QED) is 0.0576. The molecule has 29 atom stereocenters. The monoisotopic (exact) mass is 2020 g/mol. The zero-order chi connectivity index (χ0) is 102. The second-order valence-electron chi connectivity index (χ2n) is 51.6. The van der Waals surface area contributed by atoms with Gasteiger partial charge in [0.25, 0.3) is 0 Å². The number of hydrogen-bond donors (Lipinski definition) is 9. The van der Waals surface area contributed by atoms with Crippen LogP contribution in [0.1, 0.15) is 216 Å². The van der Waals surface area contributed by atoms with E-state index in [2.05, 4.69) is 115 Å². The van der Waals surface area contributed by atoms with E-state index < -0.39 is 51.5 Å². The van der Waals surface area contributed by atoms with Gasteiger partial charge in [-0.05, 0) is 314 Å². The van der Waals surface area contributed by atoms with Gasteiger partial charge >= 0.3 is 0 Å². The molecule has 6 aromatic rings. The molecule has 0 radical (unpaired) electrons. The highest BCUT2D eigenvalue weighted by atomic mass is 16.6. The number of benzene rings is 6. The van der Waals surface area contributed by atoms with E-state index in [0.29, 0.717) is 95.7 Å². The topological polar surface area (TPSA) is 319 Å². The van der Waals surface area contributed by atoms with Crippen molar-refractivity contribution in [3.8, 4) is 69.0 Å². The summed E-state index contributed by atoms with van der Waals surface area (Å²) in [5.74, 6) is 9.68. The van der Waals surface area contributed by atoms with Crippen LogP contribution in [0.4, 0.5) is 0 Å². The third kappa shape index (κ3) is 12.0. The van der Waals surface area contributed by atoms with Gasteiger partial charge in [-0.15, -0.1) is 6.58 Å². The van der Waals surface area contributed by atoms with Crippen molar-refractivity contribution in [3.63, 3.8) is 0 Å². The Morgan fingerprint density at radius 2 is 0.885 bits per heavy atom. The smallest absolute Gasteiger partial charge is 0.174 e. The second-order valence-corrected chi connectivity index (χ2v) is 51.6. The number of Topliss-reactive ketones (excluding diaryl/α,β-unsaturated/α-hetero) is 2. The van der Waals surface area contributed by atoms with Crippen molar-refractivity contribution in [2.45, 2.75) is 328 Å². The lowest BCUT2D eigenvalue weighted by Gasteiger charge is -2.75. The Kier molecular flexibility index (Phi) is 21.0. The Labute approximate surface area is 867 Å². The van der Waals surface area contributed by atoms with Crippen LogP contribution >= 0.6 is 0 Å². The highest BCUT2D eigenvalue weighted by Crippen LogP contribution is 2.80. The van der Waals surface area contributed by atoms with Crippen molar-refractivity contribution < 1.29 is 98.2 Å². The summed E-state index contributed by atoms with van der Waals surface area (Å²) in [6.07, 6.45) is 31.0. The largest absolute Gasteiger partial charge is 0.504 e. The number of aromatic hydroxyl groups is 4. The molecule has 0 aromatic heterocycles. The number of carbonyl (C=O) groups is 2. The molecular formula is C122H148N6O20. The van der Waals surface area contributed by atoms with Crippen molar-refractivity contribution in [3.05, 3.63) is 189 Å². The lowest BCUT2D eigenvalue weighted by molar-refractivity contribution is -0.312. The molecule has 1 unspecified atom stereocenters. The van der Waals surface area contributed by atoms with Crippen molar-refractivity contribution in [2.75, 3.05) is 101 Å². The Bertz CT molecular complexity index is 6680. The number of methoxy groups -OCH3 is 3. The minimum absolute atomic E-state index is 0.0294. The predicted octanol–water partition coefficient (Wildman–Crippen LogP) is 12.9. The number of carbonyl (C=O) groups excluding carboxylic acids is 2. The number of hydrogen-bond acceptors (Lipinski definition) is 26. The Balaban J connectivity index is 0.0000000863. The summed E-state index contributed by atoms with van der Waals surface area (Å²) in [6, 6.07) is 25.6. The average molecular weight is 2020 g/mol. The number of aliphatic hydroxyl groups is 5. The van der Waals surface area contributed by atoms with Gasteiger partial charge < -0.3 is 103 Å². The van der Waals surface area contributed by atoms with Crippen molar-refractivity contribution in [1.29, 1.82) is 0 Å². The number of rotatable bonds is 10. The van der Waals surface area contributed by atoms with Gasteiger partial charge in [0.1, 0.15) is 42.2 Å². The number of aliphatic hydroxyl groups excluding tert-OH is 2. The van der Waals surface area contributed by atoms with Gasteiger partial charge in [0.2, 0.25) is 0 Å². The molecule has 12 aliphatic heterocycles. The van der Waals surface area contributed by atoms with Crippen LogP contribution in [0.15, 0.2) is 122 Å². The Morgan fingerprint density at radius 3 is 1.48 bits per heavy atom. The van der Waals surface area contributed by atoms with Crippen LogP contribution in [0.3, 0.4) is 0 Å². The summed E-state index contributed by atoms with van der Waals surface area (Å²) in [5.41, 5.74) is 10.8. The molecule has 14 bridgehead atoms. The zero-order valence-corrected chi connectivity index (χ0v) is 87.5. The van der Waals surface area contributed by atoms with E-state index in [1.807, 2.05) is 68.7 Å². The average Bonchev–Trinajstić information content (AvgIpc) is 1.54. The molecule has 14 fully saturated rings. The first-order valence-corrected chi connectivity index (χ1v) is 56.0. The SMILES string of the molecule is C=C1CC[C@@]2(O)[C@H]3Cc4ccc(O)c5c4[C@@]2(CCN3CC2CC2)[C@H]1O5.C=CCN1CC[C@]23c4c5ccc(O)c4O[C@H]2[C@@H](O)C=C[C@H]3[C@H]1C5.CN1CC[C@]23c4c5ccc(O)c4O[C@H]2[C@@H](O)C=C[C@H]3[C@H]1C5.CO[C@@]12CC[C@@]3(C[C@@H]1[C@](C)(O)C(C)(C)C)C1Cc4ccc(O)c5c4[C@@]3(CCN1CC1CC1)[C@H]2O5.COc1ccc2c3c1O[C@H]1C(=O)CC[C@@]4(O)[C@@H](C2)N(C)CC[C@]314.COc1ccc2c3c1O[C@H]1C(=O)CC[C@H]4[C@@H](C2)N(C)CC[C@]314. The zero-order valence-electron chi connectivity index (χ0n) is 87.5. The Morgan fingerprint density at radius 1 is 0.439 bits per heavy atom. The molecule has 26 nitrogen and oxygen atoms in total. The van der Waals surface area contributed by atoms with Crippen molar-refractivity contribution >= 4 is 11.6 Å². The van der Waals surface area contributed by atoms with Crippen LogP contribution < -0.4 is 37.9 Å². The van der Waals surface area contributed by atoms with Gasteiger partial charge in [0.05, 0.1) is 41.9 Å². The number of nitrogens with zero attached hydrogens (tertiary/aromatic N) is 6. The molecule has 9 N–H and O–H groups in total. The molecule has 0 amide bonds. The van der Waals surface area contributed by atoms with E-state index in [1.54, 1.807) is 32.4 Å². The normalized spacial score (nSPS) is 41.3. The van der Waals surface area contributed by atoms with Gasteiger partial charge in [-0.2, -0.15) is 0 Å². The fraction of sp³-hybridized carbons (Fsp3) is 0.623. The maximum absolute atomic E-state index is 12.7. The van der Waals surface area contributed by atoms with E-state index in [-0.39, 0.29) is 116 Å². The summed E-state index contributed by atoms with van der Waals surface area (Å²) in [5, 5.41) is 98.9. The fourth-order valence-electron chi connectivity index (χ4n) is 38.1. The number of likely N-dealkylation sites (tertiary alicyclic amines) is 6. The summed E-state index contributed by atoms with van der Waals surface area (Å²) < 4.78 is 55.4. The lowest BCUT2D eigenvalue weighted by Crippen LogP contribution is -2.83. The van der Waals surface area contributed by atoms with Gasteiger partial charge in [0, 0.05) is 154 Å². The van der Waals surface area contributed by atoms with Gasteiger partial charge in [-0.25, -0.2) is 0 Å². The van der Waals surface area contributed by atoms with Gasteiger partial charge in [0.15, 0.2) is 92.8 Å². The first-order valence-electron chi connectivity index (χ1n) is 56.0. The van der Waals surface area contributed by atoms with E-state index in [1.165, 1.54) is 82.3 Å². The number of ether oxygens (including phenoxy) is 9. The van der Waals surface area contributed by atoms with Crippen LogP contribution in [-0.2, 0) is 85.3 Å². The molecule has 12 heterocycles.